The number of nitrogens with one attached hydrogen (secondary N) is 4. The third-order valence-corrected chi connectivity index (χ3v) is 7.41. The molecule has 0 radical (unpaired) electrons. The molecule has 1 aliphatic carbocycles. The molecule has 0 aromatic heterocycles. The number of hydrogen-bond donors (Lipinski definition) is 9. The molecule has 0 saturated heterocycles. The van der Waals surface area contributed by atoms with Crippen molar-refractivity contribution in [3.8, 4) is 0 Å². The lowest BCUT2D eigenvalue weighted by Gasteiger charge is -2.26. The molecular weight excluding hydrogens is 584 g/mol. The van der Waals surface area contributed by atoms with Crippen LogP contribution in [0.5, 0.6) is 0 Å². The lowest BCUT2D eigenvalue weighted by atomic mass is 9.84. The average molecular weight is 639 g/mol. The van der Waals surface area contributed by atoms with E-state index in [9.17, 15) is 29.1 Å². The lowest BCUT2D eigenvalue weighted by molar-refractivity contribution is -0.130. The number of aliphatic hydroxyl groups excluding tert-OH is 1. The second-order valence-electron chi connectivity index (χ2n) is 11.8. The van der Waals surface area contributed by atoms with Gasteiger partial charge in [-0.1, -0.05) is 46.0 Å². The van der Waals surface area contributed by atoms with Gasteiger partial charge in [0.2, 0.25) is 17.7 Å². The molecule has 0 aliphatic heterocycles. The number of amides is 5. The van der Waals surface area contributed by atoms with Crippen LogP contribution in [0.4, 0.5) is 0 Å². The normalized spacial score (nSPS) is 16.6. The first-order valence-corrected chi connectivity index (χ1v) is 15.7. The van der Waals surface area contributed by atoms with Crippen molar-refractivity contribution in [1.29, 1.82) is 0 Å². The summed E-state index contributed by atoms with van der Waals surface area (Å²) in [5, 5.41) is 20.3. The molecule has 1 rings (SSSR count). The molecule has 0 aromatic rings. The van der Waals surface area contributed by atoms with Crippen molar-refractivity contribution in [2.24, 2.45) is 44.8 Å². The predicted octanol–water partition coefficient (Wildman–Crippen LogP) is -1.76. The van der Waals surface area contributed by atoms with Crippen molar-refractivity contribution in [3.05, 3.63) is 0 Å². The van der Waals surface area contributed by atoms with Crippen LogP contribution in [0.1, 0.15) is 85.0 Å². The molecule has 1 aliphatic rings. The van der Waals surface area contributed by atoms with Crippen molar-refractivity contribution in [1.82, 2.24) is 21.3 Å². The van der Waals surface area contributed by atoms with Crippen LogP contribution < -0.4 is 44.2 Å². The number of rotatable bonds is 20. The van der Waals surface area contributed by atoms with Gasteiger partial charge in [0, 0.05) is 12.5 Å². The highest BCUT2D eigenvalue weighted by Crippen LogP contribution is 2.27. The van der Waals surface area contributed by atoms with Crippen molar-refractivity contribution < 1.29 is 29.1 Å². The van der Waals surface area contributed by atoms with Crippen molar-refractivity contribution in [3.63, 3.8) is 0 Å². The zero-order chi connectivity index (χ0) is 33.9. The summed E-state index contributed by atoms with van der Waals surface area (Å²) in [4.78, 5) is 72.2. The lowest BCUT2D eigenvalue weighted by Crippen LogP contribution is -2.51. The Kier molecular flexibility index (Phi) is 18.5. The fourth-order valence-corrected chi connectivity index (χ4v) is 5.08. The summed E-state index contributed by atoms with van der Waals surface area (Å²) < 4.78 is 0. The zero-order valence-corrected chi connectivity index (χ0v) is 26.8. The van der Waals surface area contributed by atoms with Crippen LogP contribution in [-0.2, 0) is 24.0 Å². The second-order valence-corrected chi connectivity index (χ2v) is 11.8. The Hall–Kier alpha value is -3.63. The Morgan fingerprint density at radius 3 is 2.09 bits per heavy atom. The molecule has 0 spiro atoms. The molecule has 0 aromatic carbocycles. The van der Waals surface area contributed by atoms with Crippen LogP contribution in [0.25, 0.3) is 0 Å². The molecule has 4 atom stereocenters. The maximum atomic E-state index is 13.5. The molecule has 256 valence electrons. The Bertz CT molecular complexity index is 1040. The Morgan fingerprint density at radius 2 is 1.53 bits per heavy atom. The van der Waals surface area contributed by atoms with Crippen molar-refractivity contribution in [2.45, 2.75) is 109 Å². The number of nitrogens with zero attached hydrogens (tertiary/aromatic N) is 2. The molecule has 16 heteroatoms. The standard InChI is InChI=1S/C29H54N10O6/c1-17(2)24(28(45)38-20(25(31)42)11-7-13-30)39-27(44)22(15-19-9-5-4-6-10-19)37-23(41)16-35-26(43)21(36-18(3)40)12-8-14-34-29(32)33/h17-22,36,40H,4-16,30H2,1-3H3,(H2,31,42)(H,35,43)(H,37,41)(H,38,45)(H4,32,33,34)/t18?,20-,21-,22-/m0/s1. The van der Waals surface area contributed by atoms with E-state index >= 15 is 0 Å². The van der Waals surface area contributed by atoms with Crippen molar-refractivity contribution in [2.75, 3.05) is 19.6 Å². The molecule has 0 heterocycles. The topological polar surface area (TPSA) is 282 Å². The number of carbonyl (C=O) groups is 5. The summed E-state index contributed by atoms with van der Waals surface area (Å²) in [6.07, 6.45) is 5.68. The monoisotopic (exact) mass is 638 g/mol. The van der Waals surface area contributed by atoms with Crippen LogP contribution in [0.15, 0.2) is 9.98 Å². The van der Waals surface area contributed by atoms with Gasteiger partial charge in [0.1, 0.15) is 24.0 Å². The van der Waals surface area contributed by atoms with Gasteiger partial charge in [-0.25, -0.2) is 4.99 Å². The highest BCUT2D eigenvalue weighted by molar-refractivity contribution is 6.41. The fraction of sp³-hybridized carbons (Fsp3) is 0.759. The minimum absolute atomic E-state index is 0.0728. The smallest absolute Gasteiger partial charge is 0.268 e. The molecule has 16 nitrogen and oxygen atoms in total. The summed E-state index contributed by atoms with van der Waals surface area (Å²) in [6, 6.07) is -2.83. The molecule has 0 bridgehead atoms. The van der Waals surface area contributed by atoms with Crippen LogP contribution >= 0.6 is 0 Å². The first kappa shape index (κ1) is 39.4. The number of primary amides is 1. The van der Waals surface area contributed by atoms with Gasteiger partial charge < -0.3 is 44.0 Å². The van der Waals surface area contributed by atoms with Gasteiger partial charge >= 0.3 is 0 Å². The summed E-state index contributed by atoms with van der Waals surface area (Å²) >= 11 is 0. The van der Waals surface area contributed by atoms with Gasteiger partial charge in [-0.3, -0.25) is 34.3 Å². The molecular formula is C29H54N10O6. The number of hydrogen-bond acceptors (Lipinski definition) is 9. The van der Waals surface area contributed by atoms with Gasteiger partial charge in [0.15, 0.2) is 5.96 Å². The Labute approximate surface area is 265 Å². The maximum Gasteiger partial charge on any atom is 0.268 e. The second kappa shape index (κ2) is 21.2. The first-order chi connectivity index (χ1) is 21.2. The van der Waals surface area contributed by atoms with E-state index in [4.69, 9.17) is 22.9 Å². The van der Waals surface area contributed by atoms with E-state index in [1.807, 2.05) is 0 Å². The number of guanidine groups is 1. The minimum atomic E-state index is -1.03. The predicted molar refractivity (Wildman–Crippen MR) is 171 cm³/mol. The number of carbonyl (C=O) groups excluding carboxylic acids is 5. The third kappa shape index (κ3) is 16.3. The van der Waals surface area contributed by atoms with Crippen molar-refractivity contribution >= 4 is 41.2 Å². The summed E-state index contributed by atoms with van der Waals surface area (Å²) in [7, 11) is 0. The summed E-state index contributed by atoms with van der Waals surface area (Å²) in [5.41, 5.74) is 21.5. The van der Waals surface area contributed by atoms with Gasteiger partial charge in [0.25, 0.3) is 11.8 Å². The largest absolute Gasteiger partial charge is 0.379 e. The van der Waals surface area contributed by atoms with E-state index in [1.165, 1.54) is 6.92 Å². The van der Waals surface area contributed by atoms with Crippen LogP contribution in [-0.4, -0.2) is 90.3 Å². The molecule has 45 heavy (non-hydrogen) atoms. The average Bonchev–Trinajstić information content (AvgIpc) is 2.97. The third-order valence-electron chi connectivity index (χ3n) is 7.41. The minimum Gasteiger partial charge on any atom is -0.379 e. The molecule has 1 saturated carbocycles. The van der Waals surface area contributed by atoms with Crippen LogP contribution in [0.2, 0.25) is 0 Å². The fourth-order valence-electron chi connectivity index (χ4n) is 5.08. The molecule has 5 amide bonds. The van der Waals surface area contributed by atoms with Gasteiger partial charge in [-0.2, -0.15) is 0 Å². The molecule has 13 N–H and O–H groups in total. The van der Waals surface area contributed by atoms with Crippen LogP contribution in [0, 0.1) is 11.8 Å². The molecule has 1 unspecified atom stereocenters. The molecule has 1 fully saturated rings. The van der Waals surface area contributed by atoms with Crippen LogP contribution in [0.3, 0.4) is 0 Å². The number of aliphatic hydroxyl groups is 1. The van der Waals surface area contributed by atoms with E-state index in [1.54, 1.807) is 13.8 Å². The number of aliphatic imine (C=N–C) groups is 2. The number of nitrogens with two attached hydrogens (primary N) is 4. The van der Waals surface area contributed by atoms with E-state index in [0.29, 0.717) is 25.8 Å². The summed E-state index contributed by atoms with van der Waals surface area (Å²) in [5.74, 6) is -3.65. The SMILES string of the molecule is CC(O)N[C@@H](CCCN=C(N)N)C(=O)NCC(=O)N[C@@H](CC1CCCCC1)C(=O)N=C(C(=O)N[C@@H](CCCN)C(N)=O)C(C)C. The maximum absolute atomic E-state index is 13.5. The highest BCUT2D eigenvalue weighted by atomic mass is 16.3. The van der Waals surface area contributed by atoms with E-state index < -0.39 is 66.4 Å². The Balaban J connectivity index is 3.04. The van der Waals surface area contributed by atoms with Gasteiger partial charge in [-0.15, -0.1) is 0 Å². The zero-order valence-electron chi connectivity index (χ0n) is 26.8. The quantitative estimate of drug-likeness (QED) is 0.0313. The van der Waals surface area contributed by atoms with E-state index in [0.717, 1.165) is 32.1 Å². The Morgan fingerprint density at radius 1 is 0.889 bits per heavy atom. The first-order valence-electron chi connectivity index (χ1n) is 15.7. The van der Waals surface area contributed by atoms with Gasteiger partial charge in [-0.05, 0) is 51.5 Å². The van der Waals surface area contributed by atoms with E-state index in [2.05, 4.69) is 31.3 Å². The van der Waals surface area contributed by atoms with E-state index in [-0.39, 0.29) is 37.0 Å². The highest BCUT2D eigenvalue weighted by Gasteiger charge is 2.29. The van der Waals surface area contributed by atoms with Gasteiger partial charge in [0.05, 0.1) is 12.6 Å². The summed E-state index contributed by atoms with van der Waals surface area (Å²) in [6.45, 7) is 5.00.